The molecule has 3 N–H and O–H groups in total. The van der Waals surface area contributed by atoms with E-state index in [4.69, 9.17) is 4.42 Å². The van der Waals surface area contributed by atoms with Gasteiger partial charge in [0.05, 0.1) is 6.54 Å². The normalized spacial score (nSPS) is 17.4. The summed E-state index contributed by atoms with van der Waals surface area (Å²) in [6.45, 7) is 5.93. The molecule has 11 nitrogen and oxygen atoms in total. The topological polar surface area (TPSA) is 148 Å². The average molecular weight is 611 g/mol. The van der Waals surface area contributed by atoms with Gasteiger partial charge in [0.25, 0.3) is 5.91 Å². The number of carbonyl (C=O) groups excluding carboxylic acids is 4. The molecule has 45 heavy (non-hydrogen) atoms. The van der Waals surface area contributed by atoms with Crippen molar-refractivity contribution in [2.24, 2.45) is 0 Å². The molecule has 3 heterocycles. The van der Waals surface area contributed by atoms with E-state index in [0.29, 0.717) is 49.4 Å². The van der Waals surface area contributed by atoms with Crippen LogP contribution in [0.25, 0.3) is 11.0 Å². The van der Waals surface area contributed by atoms with Crippen LogP contribution in [0.15, 0.2) is 64.3 Å². The number of Topliss-reactive ketones (excluding diaryl/α,β-unsaturated/α-hetero) is 1. The fraction of sp³-hybridized carbons (Fsp3) is 0.382. The quantitative estimate of drug-likeness (QED) is 0.177. The molecule has 2 aliphatic rings. The maximum absolute atomic E-state index is 13.9. The Hall–Kier alpha value is -5.11. The standard InChI is InChI=1S/C34H38N6O5/c1-3-36-33(43)24-10-8-9-23(18-24)31(42)27(20-35)32(37-26-12-13-29-25(19-26)17-22(2)45-29)38-28-11-4-5-16-40(34(28)44)21-30(41)39-14-6-7-15-39/h8-10,12-13,17-19,28,37-38H,3-7,11,14-16,21H2,1-2H3,(H,36,43)/t28-/m0/s1. The fourth-order valence-corrected chi connectivity index (χ4v) is 5.80. The Morgan fingerprint density at radius 1 is 1.00 bits per heavy atom. The predicted octanol–water partition coefficient (Wildman–Crippen LogP) is 4.11. The molecule has 0 unspecified atom stereocenters. The molecule has 0 spiro atoms. The largest absolute Gasteiger partial charge is 0.461 e. The lowest BCUT2D eigenvalue weighted by Gasteiger charge is -2.28. The van der Waals surface area contributed by atoms with Crippen molar-refractivity contribution in [1.29, 1.82) is 5.26 Å². The van der Waals surface area contributed by atoms with Crippen LogP contribution in [0.4, 0.5) is 5.69 Å². The first-order valence-corrected chi connectivity index (χ1v) is 15.4. The summed E-state index contributed by atoms with van der Waals surface area (Å²) in [6.07, 6.45) is 3.83. The molecule has 2 fully saturated rings. The van der Waals surface area contributed by atoms with E-state index < -0.39 is 11.8 Å². The molecule has 0 aliphatic carbocycles. The number of fused-ring (bicyclic) bond motifs is 1. The van der Waals surface area contributed by atoms with E-state index in [9.17, 15) is 24.4 Å². The maximum Gasteiger partial charge on any atom is 0.251 e. The summed E-state index contributed by atoms with van der Waals surface area (Å²) in [7, 11) is 0. The number of furan rings is 1. The van der Waals surface area contributed by atoms with Crippen LogP contribution in [0.1, 0.15) is 65.5 Å². The molecule has 3 amide bonds. The van der Waals surface area contributed by atoms with E-state index in [1.165, 1.54) is 6.07 Å². The summed E-state index contributed by atoms with van der Waals surface area (Å²) in [5.74, 6) is -0.467. The number of likely N-dealkylation sites (tertiary alicyclic amines) is 2. The van der Waals surface area contributed by atoms with Crippen molar-refractivity contribution in [1.82, 2.24) is 20.4 Å². The third-order valence-electron chi connectivity index (χ3n) is 8.11. The van der Waals surface area contributed by atoms with Gasteiger partial charge in [0, 0.05) is 48.4 Å². The van der Waals surface area contributed by atoms with Gasteiger partial charge in [-0.05, 0) is 82.3 Å². The van der Waals surface area contributed by atoms with Crippen LogP contribution in [-0.2, 0) is 9.59 Å². The Morgan fingerprint density at radius 2 is 1.76 bits per heavy atom. The number of benzene rings is 2. The predicted molar refractivity (Wildman–Crippen MR) is 169 cm³/mol. The third-order valence-corrected chi connectivity index (χ3v) is 8.11. The number of rotatable bonds is 10. The second-order valence-corrected chi connectivity index (χ2v) is 11.4. The number of nitriles is 1. The van der Waals surface area contributed by atoms with E-state index >= 15 is 0 Å². The minimum absolute atomic E-state index is 0.00332. The van der Waals surface area contributed by atoms with Gasteiger partial charge in [0.1, 0.15) is 34.8 Å². The molecule has 3 aromatic rings. The molecule has 0 bridgehead atoms. The Kier molecular flexibility index (Phi) is 9.82. The van der Waals surface area contributed by atoms with Crippen molar-refractivity contribution in [3.63, 3.8) is 0 Å². The maximum atomic E-state index is 13.9. The Labute approximate surface area is 262 Å². The van der Waals surface area contributed by atoms with Crippen LogP contribution in [0, 0.1) is 18.3 Å². The van der Waals surface area contributed by atoms with Crippen molar-refractivity contribution in [3.05, 3.63) is 76.8 Å². The zero-order valence-corrected chi connectivity index (χ0v) is 25.7. The van der Waals surface area contributed by atoms with Gasteiger partial charge in [-0.25, -0.2) is 0 Å². The number of carbonyl (C=O) groups is 4. The van der Waals surface area contributed by atoms with Crippen LogP contribution in [0.3, 0.4) is 0 Å². The van der Waals surface area contributed by atoms with Crippen LogP contribution in [0.5, 0.6) is 0 Å². The van der Waals surface area contributed by atoms with Crippen molar-refractivity contribution in [2.45, 2.75) is 52.0 Å². The number of hydrogen-bond acceptors (Lipinski definition) is 8. The second kappa shape index (κ2) is 14.1. The van der Waals surface area contributed by atoms with Gasteiger partial charge in [0.15, 0.2) is 0 Å². The van der Waals surface area contributed by atoms with Gasteiger partial charge >= 0.3 is 0 Å². The van der Waals surface area contributed by atoms with Gasteiger partial charge in [0.2, 0.25) is 17.6 Å². The molecule has 11 heteroatoms. The Balaban J connectivity index is 1.48. The van der Waals surface area contributed by atoms with Crippen LogP contribution in [0.2, 0.25) is 0 Å². The van der Waals surface area contributed by atoms with Gasteiger partial charge in [-0.2, -0.15) is 5.26 Å². The van der Waals surface area contributed by atoms with Crippen molar-refractivity contribution < 1.29 is 23.6 Å². The first kappa shape index (κ1) is 31.3. The molecule has 5 rings (SSSR count). The lowest BCUT2D eigenvalue weighted by atomic mass is 10.0. The zero-order chi connectivity index (χ0) is 31.9. The van der Waals surface area contributed by atoms with E-state index in [2.05, 4.69) is 16.0 Å². The smallest absolute Gasteiger partial charge is 0.251 e. The van der Waals surface area contributed by atoms with E-state index in [-0.39, 0.29) is 41.2 Å². The molecule has 1 atom stereocenters. The SMILES string of the molecule is CCNC(=O)c1cccc(C(=O)C(C#N)=C(Nc2ccc3oc(C)cc3c2)N[C@H]2CCCCN(CC(=O)N3CCCC3)C2=O)c1. The van der Waals surface area contributed by atoms with Crippen LogP contribution < -0.4 is 16.0 Å². The van der Waals surface area contributed by atoms with Gasteiger partial charge < -0.3 is 30.2 Å². The number of hydrogen-bond donors (Lipinski definition) is 3. The highest BCUT2D eigenvalue weighted by Crippen LogP contribution is 2.25. The fourth-order valence-electron chi connectivity index (χ4n) is 5.80. The second-order valence-electron chi connectivity index (χ2n) is 11.4. The molecular formula is C34H38N6O5. The minimum Gasteiger partial charge on any atom is -0.461 e. The number of amides is 3. The van der Waals surface area contributed by atoms with Crippen LogP contribution in [-0.4, -0.2) is 72.1 Å². The van der Waals surface area contributed by atoms with E-state index in [0.717, 1.165) is 36.8 Å². The lowest BCUT2D eigenvalue weighted by Crippen LogP contribution is -2.49. The summed E-state index contributed by atoms with van der Waals surface area (Å²) in [4.78, 5) is 56.4. The number of nitrogens with one attached hydrogen (secondary N) is 3. The monoisotopic (exact) mass is 610 g/mol. The molecule has 2 saturated heterocycles. The molecule has 0 radical (unpaired) electrons. The molecule has 2 aromatic carbocycles. The summed E-state index contributed by atoms with van der Waals surface area (Å²) in [6, 6.07) is 14.7. The number of nitrogens with zero attached hydrogens (tertiary/aromatic N) is 3. The van der Waals surface area contributed by atoms with Gasteiger partial charge in [-0.1, -0.05) is 12.1 Å². The number of ketones is 1. The molecule has 2 aliphatic heterocycles. The van der Waals surface area contributed by atoms with Crippen molar-refractivity contribution in [3.8, 4) is 6.07 Å². The molecular weight excluding hydrogens is 572 g/mol. The molecule has 0 saturated carbocycles. The Bertz CT molecular complexity index is 1680. The van der Waals surface area contributed by atoms with Gasteiger partial charge in [-0.15, -0.1) is 0 Å². The minimum atomic E-state index is -0.779. The van der Waals surface area contributed by atoms with Crippen molar-refractivity contribution in [2.75, 3.05) is 38.0 Å². The highest BCUT2D eigenvalue weighted by molar-refractivity contribution is 6.13. The highest BCUT2D eigenvalue weighted by Gasteiger charge is 2.32. The number of aryl methyl sites for hydroxylation is 1. The van der Waals surface area contributed by atoms with Crippen molar-refractivity contribution >= 4 is 40.2 Å². The molecule has 234 valence electrons. The number of anilines is 1. The van der Waals surface area contributed by atoms with Gasteiger partial charge in [-0.3, -0.25) is 19.2 Å². The van der Waals surface area contributed by atoms with E-state index in [1.54, 1.807) is 47.1 Å². The summed E-state index contributed by atoms with van der Waals surface area (Å²) < 4.78 is 5.69. The van der Waals surface area contributed by atoms with E-state index in [1.807, 2.05) is 25.1 Å². The summed E-state index contributed by atoms with van der Waals surface area (Å²) >= 11 is 0. The summed E-state index contributed by atoms with van der Waals surface area (Å²) in [5, 5.41) is 20.3. The first-order chi connectivity index (χ1) is 21.8. The summed E-state index contributed by atoms with van der Waals surface area (Å²) in [5.41, 5.74) is 1.46. The van der Waals surface area contributed by atoms with Crippen LogP contribution >= 0.6 is 0 Å². The highest BCUT2D eigenvalue weighted by atomic mass is 16.3. The average Bonchev–Trinajstić information content (AvgIpc) is 3.67. The lowest BCUT2D eigenvalue weighted by molar-refractivity contribution is -0.140. The third kappa shape index (κ3) is 7.34. The zero-order valence-electron chi connectivity index (χ0n) is 25.7. The number of allylic oxidation sites excluding steroid dienone is 1. The molecule has 1 aromatic heterocycles. The Morgan fingerprint density at radius 3 is 2.51 bits per heavy atom. The first-order valence-electron chi connectivity index (χ1n) is 15.4.